The topological polar surface area (TPSA) is 9.72 Å². The number of halogens is 1. The molecule has 2 aromatic rings. The molecule has 5 heteroatoms. The molecule has 0 radical (unpaired) electrons. The molecule has 0 N–H and O–H groups in total. The SMILES string of the molecule is S=C1N(c2ccccc2)[C@H](c2ccccc2Cl)N2CCCN12. The van der Waals surface area contributed by atoms with Crippen molar-refractivity contribution in [1.82, 2.24) is 10.0 Å². The third-order valence-corrected chi connectivity index (χ3v) is 4.99. The lowest BCUT2D eigenvalue weighted by Gasteiger charge is -2.29. The Morgan fingerprint density at radius 2 is 1.68 bits per heavy atom. The van der Waals surface area contributed by atoms with Crippen molar-refractivity contribution in [3.05, 3.63) is 65.2 Å². The molecule has 0 amide bonds. The summed E-state index contributed by atoms with van der Waals surface area (Å²) in [6.45, 7) is 1.97. The summed E-state index contributed by atoms with van der Waals surface area (Å²) in [6.07, 6.45) is 1.16. The Morgan fingerprint density at radius 3 is 2.45 bits per heavy atom. The molecule has 112 valence electrons. The van der Waals surface area contributed by atoms with Gasteiger partial charge in [-0.05, 0) is 36.8 Å². The standard InChI is InChI=1S/C17H16ClN3S/c18-15-10-5-4-9-14(15)16-19-11-6-12-20(19)17(22)21(16)13-7-2-1-3-8-13/h1-5,7-10,16H,6,11-12H2/t16-/m1/s1. The Hall–Kier alpha value is -1.62. The van der Waals surface area contributed by atoms with Crippen LogP contribution in [0, 0.1) is 0 Å². The van der Waals surface area contributed by atoms with E-state index in [1.54, 1.807) is 0 Å². The Balaban J connectivity index is 1.84. The summed E-state index contributed by atoms with van der Waals surface area (Å²) in [5.74, 6) is 0. The van der Waals surface area contributed by atoms with Gasteiger partial charge < -0.3 is 0 Å². The lowest BCUT2D eigenvalue weighted by molar-refractivity contribution is 0.0923. The second-order valence-electron chi connectivity index (χ2n) is 5.52. The van der Waals surface area contributed by atoms with Gasteiger partial charge in [0, 0.05) is 29.4 Å². The molecule has 2 aromatic carbocycles. The van der Waals surface area contributed by atoms with E-state index < -0.39 is 0 Å². The minimum absolute atomic E-state index is 0.0334. The molecule has 2 fully saturated rings. The zero-order valence-corrected chi connectivity index (χ0v) is 13.6. The van der Waals surface area contributed by atoms with Gasteiger partial charge in [0.25, 0.3) is 0 Å². The number of hydrazine groups is 1. The van der Waals surface area contributed by atoms with Crippen molar-refractivity contribution in [2.45, 2.75) is 12.6 Å². The van der Waals surface area contributed by atoms with E-state index in [-0.39, 0.29) is 6.17 Å². The van der Waals surface area contributed by atoms with Crippen LogP contribution in [0.2, 0.25) is 5.02 Å². The summed E-state index contributed by atoms with van der Waals surface area (Å²) in [5.41, 5.74) is 2.20. The lowest BCUT2D eigenvalue weighted by atomic mass is 10.1. The summed E-state index contributed by atoms with van der Waals surface area (Å²) in [6, 6.07) is 18.3. The molecule has 2 heterocycles. The number of anilines is 1. The van der Waals surface area contributed by atoms with Gasteiger partial charge in [0.15, 0.2) is 5.11 Å². The Morgan fingerprint density at radius 1 is 0.955 bits per heavy atom. The lowest BCUT2D eigenvalue weighted by Crippen LogP contribution is -2.32. The summed E-state index contributed by atoms with van der Waals surface area (Å²) in [4.78, 5) is 2.20. The van der Waals surface area contributed by atoms with Crippen LogP contribution in [0.25, 0.3) is 0 Å². The van der Waals surface area contributed by atoms with Gasteiger partial charge in [0.1, 0.15) is 6.17 Å². The average Bonchev–Trinajstić information content (AvgIpc) is 3.11. The molecule has 1 atom stereocenters. The highest BCUT2D eigenvalue weighted by molar-refractivity contribution is 7.80. The van der Waals surface area contributed by atoms with Crippen molar-refractivity contribution in [2.24, 2.45) is 0 Å². The average molecular weight is 330 g/mol. The molecule has 2 saturated heterocycles. The molecule has 0 spiro atoms. The highest BCUT2D eigenvalue weighted by atomic mass is 35.5. The Bertz CT molecular complexity index is 706. The van der Waals surface area contributed by atoms with Crippen LogP contribution < -0.4 is 4.90 Å². The van der Waals surface area contributed by atoms with Gasteiger partial charge in [-0.15, -0.1) is 0 Å². The van der Waals surface area contributed by atoms with Gasteiger partial charge in [-0.1, -0.05) is 48.0 Å². The molecule has 2 aliphatic heterocycles. The largest absolute Gasteiger partial charge is 0.296 e. The maximum Gasteiger partial charge on any atom is 0.192 e. The third kappa shape index (κ3) is 2.10. The predicted molar refractivity (Wildman–Crippen MR) is 93.7 cm³/mol. The number of thiocarbonyl (C=S) groups is 1. The minimum atomic E-state index is 0.0334. The van der Waals surface area contributed by atoms with E-state index in [2.05, 4.69) is 33.1 Å². The second kappa shape index (κ2) is 5.54. The van der Waals surface area contributed by atoms with Crippen molar-refractivity contribution in [2.75, 3.05) is 18.0 Å². The van der Waals surface area contributed by atoms with Crippen LogP contribution in [-0.4, -0.2) is 28.2 Å². The highest BCUT2D eigenvalue weighted by Crippen LogP contribution is 2.42. The first-order valence-corrected chi connectivity index (χ1v) is 8.23. The minimum Gasteiger partial charge on any atom is -0.296 e. The maximum absolute atomic E-state index is 6.48. The highest BCUT2D eigenvalue weighted by Gasteiger charge is 2.45. The van der Waals surface area contributed by atoms with Gasteiger partial charge in [0.2, 0.25) is 0 Å². The van der Waals surface area contributed by atoms with Crippen LogP contribution in [0.4, 0.5) is 5.69 Å². The van der Waals surface area contributed by atoms with Crippen molar-refractivity contribution < 1.29 is 0 Å². The molecule has 0 aliphatic carbocycles. The van der Waals surface area contributed by atoms with Crippen LogP contribution in [0.3, 0.4) is 0 Å². The van der Waals surface area contributed by atoms with Crippen LogP contribution in [-0.2, 0) is 0 Å². The summed E-state index contributed by atoms with van der Waals surface area (Å²) < 4.78 is 0. The molecule has 22 heavy (non-hydrogen) atoms. The van der Waals surface area contributed by atoms with Gasteiger partial charge in [-0.2, -0.15) is 5.01 Å². The van der Waals surface area contributed by atoms with E-state index in [0.717, 1.165) is 40.9 Å². The molecule has 0 saturated carbocycles. The van der Waals surface area contributed by atoms with Crippen LogP contribution in [0.5, 0.6) is 0 Å². The zero-order chi connectivity index (χ0) is 15.1. The summed E-state index contributed by atoms with van der Waals surface area (Å²) in [5, 5.41) is 6.17. The maximum atomic E-state index is 6.48. The summed E-state index contributed by atoms with van der Waals surface area (Å²) in [7, 11) is 0. The first-order valence-electron chi connectivity index (χ1n) is 7.44. The Kier molecular flexibility index (Phi) is 3.53. The third-order valence-electron chi connectivity index (χ3n) is 4.24. The number of hydrogen-bond donors (Lipinski definition) is 0. The van der Waals surface area contributed by atoms with Gasteiger partial charge in [-0.25, -0.2) is 0 Å². The van der Waals surface area contributed by atoms with Gasteiger partial charge in [-0.3, -0.25) is 9.91 Å². The molecular formula is C17H16ClN3S. The van der Waals surface area contributed by atoms with E-state index in [1.165, 1.54) is 0 Å². The molecule has 0 unspecified atom stereocenters. The summed E-state index contributed by atoms with van der Waals surface area (Å²) >= 11 is 12.2. The number of rotatable bonds is 2. The number of hydrogen-bond acceptors (Lipinski definition) is 2. The van der Waals surface area contributed by atoms with E-state index in [1.807, 2.05) is 36.4 Å². The molecule has 4 rings (SSSR count). The van der Waals surface area contributed by atoms with Gasteiger partial charge >= 0.3 is 0 Å². The number of benzene rings is 2. The van der Waals surface area contributed by atoms with E-state index in [9.17, 15) is 0 Å². The molecule has 0 bridgehead atoms. The normalized spacial score (nSPS) is 21.5. The van der Waals surface area contributed by atoms with E-state index >= 15 is 0 Å². The first-order chi connectivity index (χ1) is 10.8. The fourth-order valence-corrected chi connectivity index (χ4v) is 3.91. The van der Waals surface area contributed by atoms with E-state index in [0.29, 0.717) is 0 Å². The van der Waals surface area contributed by atoms with Gasteiger partial charge in [0.05, 0.1) is 0 Å². The van der Waals surface area contributed by atoms with Crippen LogP contribution >= 0.6 is 23.8 Å². The second-order valence-corrected chi connectivity index (χ2v) is 6.30. The molecular weight excluding hydrogens is 314 g/mol. The van der Waals surface area contributed by atoms with Crippen LogP contribution in [0.1, 0.15) is 18.2 Å². The fraction of sp³-hybridized carbons (Fsp3) is 0.235. The van der Waals surface area contributed by atoms with Crippen molar-refractivity contribution >= 4 is 34.6 Å². The number of nitrogens with zero attached hydrogens (tertiary/aromatic N) is 3. The molecule has 2 aliphatic rings. The fourth-order valence-electron chi connectivity index (χ4n) is 3.28. The van der Waals surface area contributed by atoms with Crippen molar-refractivity contribution in [3.8, 4) is 0 Å². The van der Waals surface area contributed by atoms with Crippen LogP contribution in [0.15, 0.2) is 54.6 Å². The smallest absolute Gasteiger partial charge is 0.192 e. The zero-order valence-electron chi connectivity index (χ0n) is 12.0. The first kappa shape index (κ1) is 14.0. The van der Waals surface area contributed by atoms with E-state index in [4.69, 9.17) is 23.8 Å². The predicted octanol–water partition coefficient (Wildman–Crippen LogP) is 4.07. The van der Waals surface area contributed by atoms with Crippen molar-refractivity contribution in [3.63, 3.8) is 0 Å². The van der Waals surface area contributed by atoms with Crippen molar-refractivity contribution in [1.29, 1.82) is 0 Å². The number of fused-ring (bicyclic) bond motifs is 1. The Labute approximate surface area is 140 Å². The quantitative estimate of drug-likeness (QED) is 0.768. The molecule has 0 aromatic heterocycles. The number of para-hydroxylation sites is 1. The monoisotopic (exact) mass is 329 g/mol. The molecule has 3 nitrogen and oxygen atoms in total.